The molecule has 2 amide bonds. The fourth-order valence-corrected chi connectivity index (χ4v) is 2.84. The molecule has 0 radical (unpaired) electrons. The number of likely N-dealkylation sites (tertiary alicyclic amines) is 1. The molecular formula is C20H25N5O2. The Labute approximate surface area is 159 Å². The van der Waals surface area contributed by atoms with E-state index in [1.54, 1.807) is 18.2 Å². The van der Waals surface area contributed by atoms with Crippen LogP contribution in [0.3, 0.4) is 0 Å². The minimum atomic E-state index is -0.583. The third kappa shape index (κ3) is 6.94. The first-order valence-electron chi connectivity index (χ1n) is 9.04. The molecule has 2 aliphatic heterocycles. The Bertz CT molecular complexity index is 696. The van der Waals surface area contributed by atoms with Crippen molar-refractivity contribution in [1.82, 2.24) is 15.5 Å². The predicted octanol–water partition coefficient (Wildman–Crippen LogP) is 1.44. The van der Waals surface area contributed by atoms with Gasteiger partial charge in [-0.15, -0.1) is 6.58 Å². The van der Waals surface area contributed by atoms with Gasteiger partial charge in [0.1, 0.15) is 6.04 Å². The molecule has 0 aliphatic carbocycles. The number of hydrogen-bond acceptors (Lipinski definition) is 5. The van der Waals surface area contributed by atoms with Crippen LogP contribution in [-0.2, 0) is 9.59 Å². The molecule has 0 spiro atoms. The number of aliphatic imine (C=N–C) groups is 1. The van der Waals surface area contributed by atoms with Crippen LogP contribution >= 0.6 is 0 Å². The summed E-state index contributed by atoms with van der Waals surface area (Å²) in [5, 5.41) is 14.5. The van der Waals surface area contributed by atoms with Crippen molar-refractivity contribution in [3.8, 4) is 6.07 Å². The van der Waals surface area contributed by atoms with Gasteiger partial charge in [-0.2, -0.15) is 5.26 Å². The first kappa shape index (κ1) is 20.2. The van der Waals surface area contributed by atoms with Crippen molar-refractivity contribution in [2.24, 2.45) is 10.9 Å². The van der Waals surface area contributed by atoms with Crippen molar-refractivity contribution in [2.75, 3.05) is 13.1 Å². The Morgan fingerprint density at radius 1 is 1.52 bits per heavy atom. The van der Waals surface area contributed by atoms with Crippen molar-refractivity contribution in [3.63, 3.8) is 0 Å². The van der Waals surface area contributed by atoms with Crippen LogP contribution in [0.1, 0.15) is 19.3 Å². The van der Waals surface area contributed by atoms with E-state index in [2.05, 4.69) is 33.2 Å². The number of nitrogens with one attached hydrogen (secondary N) is 2. The fraction of sp³-hybridized carbons (Fsp3) is 0.400. The molecule has 7 nitrogen and oxygen atoms in total. The van der Waals surface area contributed by atoms with Crippen LogP contribution < -0.4 is 10.6 Å². The molecule has 2 heterocycles. The molecular weight excluding hydrogens is 342 g/mol. The van der Waals surface area contributed by atoms with E-state index in [1.165, 1.54) is 25.1 Å². The second-order valence-electron chi connectivity index (χ2n) is 6.36. The maximum Gasteiger partial charge on any atom is 0.265 e. The standard InChI is InChI=1S/C20H25N5O2/c1-2-18-16(7-8-19(26)24-18)9-10-22-20(27)15-23-17(14-21)6-5-13-25-11-3-4-12-25/h2,5,7-10,13,15-18H,1,3-4,6,11-12H2,(H,22,27)(H,24,26)/b10-9+,13-5+,23-15?. The summed E-state index contributed by atoms with van der Waals surface area (Å²) in [4.78, 5) is 29.4. The van der Waals surface area contributed by atoms with Gasteiger partial charge in [-0.25, -0.2) is 0 Å². The first-order chi connectivity index (χ1) is 13.1. The number of carbonyl (C=O) groups excluding carboxylic acids is 2. The molecule has 0 aromatic heterocycles. The average Bonchev–Trinajstić information content (AvgIpc) is 3.19. The number of rotatable bonds is 8. The minimum Gasteiger partial charge on any atom is -0.378 e. The van der Waals surface area contributed by atoms with Crippen molar-refractivity contribution >= 4 is 18.0 Å². The minimum absolute atomic E-state index is 0.0833. The molecule has 1 fully saturated rings. The van der Waals surface area contributed by atoms with Crippen LogP contribution in [0.15, 0.2) is 54.4 Å². The summed E-state index contributed by atoms with van der Waals surface area (Å²) in [6.45, 7) is 5.80. The quantitative estimate of drug-likeness (QED) is 0.501. The Hall–Kier alpha value is -3.14. The molecule has 1 saturated heterocycles. The van der Waals surface area contributed by atoms with E-state index in [-0.39, 0.29) is 17.9 Å². The molecule has 0 aromatic rings. The van der Waals surface area contributed by atoms with Gasteiger partial charge in [0, 0.05) is 31.6 Å². The maximum absolute atomic E-state index is 11.8. The van der Waals surface area contributed by atoms with Gasteiger partial charge in [0.2, 0.25) is 5.91 Å². The summed E-state index contributed by atoms with van der Waals surface area (Å²) < 4.78 is 0. The molecule has 0 saturated carbocycles. The van der Waals surface area contributed by atoms with Gasteiger partial charge < -0.3 is 15.5 Å². The Morgan fingerprint density at radius 3 is 3.00 bits per heavy atom. The highest BCUT2D eigenvalue weighted by Gasteiger charge is 2.19. The molecule has 27 heavy (non-hydrogen) atoms. The van der Waals surface area contributed by atoms with Gasteiger partial charge >= 0.3 is 0 Å². The topological polar surface area (TPSA) is 97.6 Å². The molecule has 2 N–H and O–H groups in total. The highest BCUT2D eigenvalue weighted by molar-refractivity contribution is 6.26. The summed E-state index contributed by atoms with van der Waals surface area (Å²) in [6.07, 6.45) is 16.0. The molecule has 2 rings (SSSR count). The number of hydrogen-bond donors (Lipinski definition) is 2. The summed E-state index contributed by atoms with van der Waals surface area (Å²) in [5.41, 5.74) is 0. The van der Waals surface area contributed by atoms with E-state index >= 15 is 0 Å². The van der Waals surface area contributed by atoms with Crippen LogP contribution in [-0.4, -0.2) is 48.1 Å². The zero-order valence-electron chi connectivity index (χ0n) is 15.3. The second-order valence-corrected chi connectivity index (χ2v) is 6.36. The Morgan fingerprint density at radius 2 is 2.30 bits per heavy atom. The van der Waals surface area contributed by atoms with Gasteiger partial charge in [-0.05, 0) is 25.1 Å². The lowest BCUT2D eigenvalue weighted by Gasteiger charge is -2.23. The normalized spacial score (nSPS) is 23.7. The van der Waals surface area contributed by atoms with Crippen molar-refractivity contribution in [3.05, 3.63) is 49.4 Å². The molecule has 3 unspecified atom stereocenters. The summed E-state index contributed by atoms with van der Waals surface area (Å²) in [5.74, 6) is -0.656. The number of nitriles is 1. The monoisotopic (exact) mass is 367 g/mol. The van der Waals surface area contributed by atoms with E-state index in [0.717, 1.165) is 19.3 Å². The molecule has 2 aliphatic rings. The van der Waals surface area contributed by atoms with Crippen molar-refractivity contribution in [2.45, 2.75) is 31.3 Å². The summed E-state index contributed by atoms with van der Waals surface area (Å²) in [7, 11) is 0. The highest BCUT2D eigenvalue weighted by Crippen LogP contribution is 2.13. The van der Waals surface area contributed by atoms with Crippen molar-refractivity contribution in [1.29, 1.82) is 5.26 Å². The van der Waals surface area contributed by atoms with Gasteiger partial charge in [0.05, 0.1) is 18.3 Å². The SMILES string of the molecule is C=CC1NC(=O)C=CC1/C=C/NC(=O)C=NC(C#N)C/C=C/N1CCCC1. The van der Waals surface area contributed by atoms with E-state index < -0.39 is 11.9 Å². The third-order valence-electron chi connectivity index (χ3n) is 4.33. The summed E-state index contributed by atoms with van der Waals surface area (Å²) >= 11 is 0. The molecule has 7 heteroatoms. The van der Waals surface area contributed by atoms with Gasteiger partial charge in [-0.1, -0.05) is 24.3 Å². The third-order valence-corrected chi connectivity index (χ3v) is 4.33. The highest BCUT2D eigenvalue weighted by atomic mass is 16.2. The fourth-order valence-electron chi connectivity index (χ4n) is 2.84. The molecule has 0 aromatic carbocycles. The van der Waals surface area contributed by atoms with Crippen LogP contribution in [0.5, 0.6) is 0 Å². The second kappa shape index (κ2) is 10.8. The van der Waals surface area contributed by atoms with Gasteiger partial charge in [0.15, 0.2) is 0 Å². The zero-order chi connectivity index (χ0) is 19.5. The molecule has 142 valence electrons. The van der Waals surface area contributed by atoms with E-state index in [0.29, 0.717) is 6.42 Å². The maximum atomic E-state index is 11.8. The average molecular weight is 367 g/mol. The Kier molecular flexibility index (Phi) is 8.04. The van der Waals surface area contributed by atoms with Crippen molar-refractivity contribution < 1.29 is 9.59 Å². The number of carbonyl (C=O) groups is 2. The lowest BCUT2D eigenvalue weighted by Crippen LogP contribution is -2.40. The first-order valence-corrected chi connectivity index (χ1v) is 9.04. The van der Waals surface area contributed by atoms with E-state index in [9.17, 15) is 9.59 Å². The molecule has 0 bridgehead atoms. The lowest BCUT2D eigenvalue weighted by atomic mass is 9.96. The van der Waals surface area contributed by atoms with E-state index in [1.807, 2.05) is 12.3 Å². The van der Waals surface area contributed by atoms with Gasteiger partial charge in [-0.3, -0.25) is 14.6 Å². The van der Waals surface area contributed by atoms with E-state index in [4.69, 9.17) is 5.26 Å². The largest absolute Gasteiger partial charge is 0.378 e. The van der Waals surface area contributed by atoms with Crippen LogP contribution in [0.4, 0.5) is 0 Å². The number of amides is 2. The summed E-state index contributed by atoms with van der Waals surface area (Å²) in [6, 6.07) is 1.29. The molecule has 3 atom stereocenters. The van der Waals surface area contributed by atoms with Crippen LogP contribution in [0, 0.1) is 17.2 Å². The van der Waals surface area contributed by atoms with Crippen LogP contribution in [0.2, 0.25) is 0 Å². The number of nitrogens with zero attached hydrogens (tertiary/aromatic N) is 3. The zero-order valence-corrected chi connectivity index (χ0v) is 15.3. The Balaban J connectivity index is 1.77. The van der Waals surface area contributed by atoms with Crippen LogP contribution in [0.25, 0.3) is 0 Å². The lowest BCUT2D eigenvalue weighted by molar-refractivity contribution is -0.117. The van der Waals surface area contributed by atoms with Gasteiger partial charge in [0.25, 0.3) is 5.91 Å². The smallest absolute Gasteiger partial charge is 0.265 e. The predicted molar refractivity (Wildman–Crippen MR) is 104 cm³/mol.